The van der Waals surface area contributed by atoms with Gasteiger partial charge in [0.15, 0.2) is 0 Å². The second kappa shape index (κ2) is 6.32. The van der Waals surface area contributed by atoms with Crippen LogP contribution in [-0.2, 0) is 0 Å². The summed E-state index contributed by atoms with van der Waals surface area (Å²) in [6.45, 7) is 5.97. The second-order valence-corrected chi connectivity index (χ2v) is 6.42. The second-order valence-electron chi connectivity index (χ2n) is 6.42. The molecule has 1 aliphatic carbocycles. The summed E-state index contributed by atoms with van der Waals surface area (Å²) in [5.41, 5.74) is 7.61. The third-order valence-electron chi connectivity index (χ3n) is 4.98. The zero-order valence-electron chi connectivity index (χ0n) is 12.9. The minimum absolute atomic E-state index is 0.180. The van der Waals surface area contributed by atoms with Crippen molar-refractivity contribution in [2.24, 2.45) is 5.73 Å². The number of hydrogen-bond acceptors (Lipinski definition) is 3. The van der Waals surface area contributed by atoms with Gasteiger partial charge in [-0.15, -0.1) is 0 Å². The van der Waals surface area contributed by atoms with E-state index in [9.17, 15) is 4.39 Å². The molecule has 116 valence electrons. The van der Waals surface area contributed by atoms with Crippen molar-refractivity contribution < 1.29 is 4.39 Å². The first kappa shape index (κ1) is 14.8. The van der Waals surface area contributed by atoms with Gasteiger partial charge in [-0.2, -0.15) is 0 Å². The van der Waals surface area contributed by atoms with Gasteiger partial charge in [0, 0.05) is 49.5 Å². The lowest BCUT2D eigenvalue weighted by molar-refractivity contribution is 0.187. The van der Waals surface area contributed by atoms with E-state index < -0.39 is 0 Å². The fourth-order valence-electron chi connectivity index (χ4n) is 3.85. The Kier molecular flexibility index (Phi) is 4.45. The molecule has 1 saturated carbocycles. The number of rotatable bonds is 3. The van der Waals surface area contributed by atoms with Gasteiger partial charge in [0.25, 0.3) is 0 Å². The maximum absolute atomic E-state index is 14.1. The van der Waals surface area contributed by atoms with E-state index in [-0.39, 0.29) is 11.9 Å². The molecule has 1 saturated heterocycles. The van der Waals surface area contributed by atoms with Crippen molar-refractivity contribution in [2.45, 2.75) is 44.7 Å². The van der Waals surface area contributed by atoms with Crippen LogP contribution >= 0.6 is 0 Å². The average Bonchev–Trinajstić information content (AvgIpc) is 3.01. The largest absolute Gasteiger partial charge is 0.369 e. The number of nitrogens with two attached hydrogens (primary N) is 1. The summed E-state index contributed by atoms with van der Waals surface area (Å²) in [6.07, 6.45) is 5.46. The average molecular weight is 291 g/mol. The van der Waals surface area contributed by atoms with Crippen molar-refractivity contribution in [3.63, 3.8) is 0 Å². The summed E-state index contributed by atoms with van der Waals surface area (Å²) < 4.78 is 14.1. The fourth-order valence-corrected chi connectivity index (χ4v) is 3.85. The van der Waals surface area contributed by atoms with E-state index in [1.807, 2.05) is 13.0 Å². The Balaban J connectivity index is 1.70. The number of nitrogens with zero attached hydrogens (tertiary/aromatic N) is 2. The van der Waals surface area contributed by atoms with E-state index in [0.29, 0.717) is 5.56 Å². The number of hydrogen-bond donors (Lipinski definition) is 1. The molecule has 3 nitrogen and oxygen atoms in total. The Morgan fingerprint density at radius 2 is 1.81 bits per heavy atom. The first-order chi connectivity index (χ1) is 10.2. The van der Waals surface area contributed by atoms with Gasteiger partial charge in [-0.3, -0.25) is 4.90 Å². The lowest BCUT2D eigenvalue weighted by Gasteiger charge is -2.40. The monoisotopic (exact) mass is 291 g/mol. The highest BCUT2D eigenvalue weighted by molar-refractivity contribution is 5.55. The van der Waals surface area contributed by atoms with Gasteiger partial charge < -0.3 is 10.6 Å². The summed E-state index contributed by atoms with van der Waals surface area (Å²) in [7, 11) is 0. The third kappa shape index (κ3) is 3.06. The molecule has 0 spiro atoms. The van der Waals surface area contributed by atoms with Crippen molar-refractivity contribution in [1.82, 2.24) is 4.90 Å². The van der Waals surface area contributed by atoms with Crippen LogP contribution in [0.4, 0.5) is 10.1 Å². The molecule has 1 heterocycles. The van der Waals surface area contributed by atoms with Crippen LogP contribution in [0.25, 0.3) is 0 Å². The molecule has 1 aliphatic heterocycles. The Morgan fingerprint density at radius 3 is 2.43 bits per heavy atom. The molecule has 1 aromatic carbocycles. The molecule has 4 heteroatoms. The highest BCUT2D eigenvalue weighted by atomic mass is 19.1. The summed E-state index contributed by atoms with van der Waals surface area (Å²) in [4.78, 5) is 4.92. The Bertz CT molecular complexity index is 475. The van der Waals surface area contributed by atoms with Crippen LogP contribution in [0.1, 0.15) is 44.2 Å². The van der Waals surface area contributed by atoms with E-state index in [0.717, 1.165) is 37.9 Å². The SMILES string of the molecule is C[C@@H](N)c1c(F)cccc1N1CCN(C2CCCC2)CC1. The molecule has 0 amide bonds. The molecular formula is C17H26FN3. The lowest BCUT2D eigenvalue weighted by Crippen LogP contribution is -2.50. The molecule has 0 bridgehead atoms. The van der Waals surface area contributed by atoms with E-state index in [4.69, 9.17) is 5.73 Å². The van der Waals surface area contributed by atoms with E-state index in [1.54, 1.807) is 6.07 Å². The molecule has 0 aromatic heterocycles. The Hall–Kier alpha value is -1.13. The highest BCUT2D eigenvalue weighted by Crippen LogP contribution is 2.30. The first-order valence-corrected chi connectivity index (χ1v) is 8.20. The summed E-state index contributed by atoms with van der Waals surface area (Å²) in [6, 6.07) is 5.82. The van der Waals surface area contributed by atoms with Gasteiger partial charge in [0.05, 0.1) is 0 Å². The molecule has 2 aliphatic rings. The quantitative estimate of drug-likeness (QED) is 0.929. The molecular weight excluding hydrogens is 265 g/mol. The smallest absolute Gasteiger partial charge is 0.130 e. The topological polar surface area (TPSA) is 32.5 Å². The molecule has 3 rings (SSSR count). The summed E-state index contributed by atoms with van der Waals surface area (Å²) >= 11 is 0. The van der Waals surface area contributed by atoms with Gasteiger partial charge in [-0.25, -0.2) is 4.39 Å². The van der Waals surface area contributed by atoms with E-state index in [1.165, 1.54) is 31.7 Å². The molecule has 1 aromatic rings. The van der Waals surface area contributed by atoms with Crippen LogP contribution in [0.3, 0.4) is 0 Å². The number of piperazine rings is 1. The van der Waals surface area contributed by atoms with Crippen molar-refractivity contribution >= 4 is 5.69 Å². The van der Waals surface area contributed by atoms with E-state index >= 15 is 0 Å². The van der Waals surface area contributed by atoms with Crippen LogP contribution in [0.2, 0.25) is 0 Å². The maximum atomic E-state index is 14.1. The number of anilines is 1. The number of halogens is 1. The van der Waals surface area contributed by atoms with Crippen LogP contribution in [0.5, 0.6) is 0 Å². The molecule has 21 heavy (non-hydrogen) atoms. The zero-order valence-corrected chi connectivity index (χ0v) is 12.9. The van der Waals surface area contributed by atoms with Crippen LogP contribution in [-0.4, -0.2) is 37.1 Å². The first-order valence-electron chi connectivity index (χ1n) is 8.20. The minimum Gasteiger partial charge on any atom is -0.369 e. The van der Waals surface area contributed by atoms with Crippen molar-refractivity contribution in [2.75, 3.05) is 31.1 Å². The van der Waals surface area contributed by atoms with Gasteiger partial charge in [-0.1, -0.05) is 18.9 Å². The standard InChI is InChI=1S/C17H26FN3/c1-13(19)17-15(18)7-4-8-16(17)21-11-9-20(10-12-21)14-5-2-3-6-14/h4,7-8,13-14H,2-3,5-6,9-12,19H2,1H3/t13-/m1/s1. The normalized spacial score (nSPS) is 22.7. The molecule has 2 N–H and O–H groups in total. The van der Waals surface area contributed by atoms with Gasteiger partial charge in [0.2, 0.25) is 0 Å². The van der Waals surface area contributed by atoms with Gasteiger partial charge >= 0.3 is 0 Å². The van der Waals surface area contributed by atoms with Crippen molar-refractivity contribution in [3.8, 4) is 0 Å². The Morgan fingerprint density at radius 1 is 1.14 bits per heavy atom. The van der Waals surface area contributed by atoms with Crippen molar-refractivity contribution in [3.05, 3.63) is 29.6 Å². The van der Waals surface area contributed by atoms with Crippen molar-refractivity contribution in [1.29, 1.82) is 0 Å². The fraction of sp³-hybridized carbons (Fsp3) is 0.647. The summed E-state index contributed by atoms with van der Waals surface area (Å²) in [5, 5.41) is 0. The third-order valence-corrected chi connectivity index (χ3v) is 4.98. The molecule has 0 unspecified atom stereocenters. The summed E-state index contributed by atoms with van der Waals surface area (Å²) in [5.74, 6) is -0.180. The molecule has 0 radical (unpaired) electrons. The van der Waals surface area contributed by atoms with Gasteiger partial charge in [-0.05, 0) is 31.9 Å². The van der Waals surface area contributed by atoms with Crippen LogP contribution in [0, 0.1) is 5.82 Å². The van der Waals surface area contributed by atoms with E-state index in [2.05, 4.69) is 9.80 Å². The Labute approximate surface area is 126 Å². The molecule has 1 atom stereocenters. The van der Waals surface area contributed by atoms with Crippen LogP contribution in [0.15, 0.2) is 18.2 Å². The van der Waals surface area contributed by atoms with Crippen LogP contribution < -0.4 is 10.6 Å². The van der Waals surface area contributed by atoms with Gasteiger partial charge in [0.1, 0.15) is 5.82 Å². The highest BCUT2D eigenvalue weighted by Gasteiger charge is 2.27. The predicted octanol–water partition coefficient (Wildman–Crippen LogP) is 2.91. The predicted molar refractivity (Wildman–Crippen MR) is 85.0 cm³/mol. The lowest BCUT2D eigenvalue weighted by atomic mass is 10.0. The number of benzene rings is 1. The molecule has 2 fully saturated rings. The zero-order chi connectivity index (χ0) is 14.8. The maximum Gasteiger partial charge on any atom is 0.130 e. The minimum atomic E-state index is -0.269.